The van der Waals surface area contributed by atoms with Gasteiger partial charge in [-0.1, -0.05) is 104 Å². The first-order chi connectivity index (χ1) is 22.5. The van der Waals surface area contributed by atoms with Crippen LogP contribution in [-0.4, -0.2) is 41.1 Å². The maximum Gasteiger partial charge on any atom is 0.330 e. The van der Waals surface area contributed by atoms with Gasteiger partial charge in [0, 0.05) is 19.0 Å². The zero-order chi connectivity index (χ0) is 31.7. The van der Waals surface area contributed by atoms with Crippen LogP contribution in [0.25, 0.3) is 43.1 Å². The van der Waals surface area contributed by atoms with Gasteiger partial charge in [-0.2, -0.15) is 0 Å². The lowest BCUT2D eigenvalue weighted by Gasteiger charge is -2.41. The molecule has 0 radical (unpaired) electrons. The number of nitrogens with zero attached hydrogens (tertiary/aromatic N) is 1. The molecule has 0 saturated carbocycles. The predicted molar refractivity (Wildman–Crippen MR) is 186 cm³/mol. The highest BCUT2D eigenvalue weighted by Gasteiger charge is 2.48. The van der Waals surface area contributed by atoms with Gasteiger partial charge in [0.15, 0.2) is 0 Å². The molecular weight excluding hydrogens is 570 g/mol. The van der Waals surface area contributed by atoms with Crippen LogP contribution in [0.4, 0.5) is 0 Å². The highest BCUT2D eigenvalue weighted by molar-refractivity contribution is 6.12. The molecule has 5 nitrogen and oxygen atoms in total. The predicted octanol–water partition coefficient (Wildman–Crippen LogP) is 8.43. The van der Waals surface area contributed by atoms with Crippen LogP contribution in [0.1, 0.15) is 43.2 Å². The number of ether oxygens (including phenoxy) is 1. The van der Waals surface area contributed by atoms with E-state index in [2.05, 4.69) is 67.2 Å². The Morgan fingerprint density at radius 3 is 1.80 bits per heavy atom. The number of carbonyl (C=O) groups is 2. The summed E-state index contributed by atoms with van der Waals surface area (Å²) in [4.78, 5) is 27.3. The van der Waals surface area contributed by atoms with Crippen molar-refractivity contribution in [3.8, 4) is 0 Å². The summed E-state index contributed by atoms with van der Waals surface area (Å²) in [6.45, 7) is 4.26. The summed E-state index contributed by atoms with van der Waals surface area (Å²) in [6, 6.07) is 37.0. The van der Waals surface area contributed by atoms with E-state index >= 15 is 0 Å². The largest absolute Gasteiger partial charge is 0.463 e. The molecule has 1 aliphatic rings. The van der Waals surface area contributed by atoms with Crippen molar-refractivity contribution < 1.29 is 19.4 Å². The molecule has 1 fully saturated rings. The van der Waals surface area contributed by atoms with E-state index in [0.717, 1.165) is 66.7 Å². The molecular formula is C41H37NO4. The SMILES string of the molecule is C=CC(=O)OCCCCC(=O)N1CCC[C@H]1C(O)(c1cc2ccccc2c2ccccc12)c1cc2ccccc2c2ccccc12. The second kappa shape index (κ2) is 12.4. The summed E-state index contributed by atoms with van der Waals surface area (Å²) in [5.41, 5.74) is 0.102. The third-order valence-electron chi connectivity index (χ3n) is 9.61. The fourth-order valence-electron chi connectivity index (χ4n) is 7.50. The Hall–Kier alpha value is -5.00. The Bertz CT molecular complexity index is 2000. The van der Waals surface area contributed by atoms with Crippen LogP contribution in [0.5, 0.6) is 0 Å². The fraction of sp³-hybridized carbons (Fsp3) is 0.220. The summed E-state index contributed by atoms with van der Waals surface area (Å²) in [6.07, 6.45) is 4.10. The average molecular weight is 608 g/mol. The lowest BCUT2D eigenvalue weighted by Crippen LogP contribution is -2.50. The second-order valence-corrected chi connectivity index (χ2v) is 12.2. The van der Waals surface area contributed by atoms with Crippen molar-refractivity contribution in [1.29, 1.82) is 0 Å². The van der Waals surface area contributed by atoms with Crippen LogP contribution in [0, 0.1) is 0 Å². The van der Waals surface area contributed by atoms with Gasteiger partial charge < -0.3 is 14.7 Å². The van der Waals surface area contributed by atoms with Crippen molar-refractivity contribution in [2.45, 2.75) is 43.7 Å². The monoisotopic (exact) mass is 607 g/mol. The first kappa shape index (κ1) is 29.7. The lowest BCUT2D eigenvalue weighted by molar-refractivity contribution is -0.138. The van der Waals surface area contributed by atoms with Gasteiger partial charge >= 0.3 is 5.97 Å². The van der Waals surface area contributed by atoms with E-state index in [1.807, 2.05) is 53.4 Å². The van der Waals surface area contributed by atoms with Crippen LogP contribution in [0.3, 0.4) is 0 Å². The summed E-state index contributed by atoms with van der Waals surface area (Å²) >= 11 is 0. The molecule has 1 saturated heterocycles. The maximum atomic E-state index is 14.0. The van der Waals surface area contributed by atoms with Crippen molar-refractivity contribution in [3.63, 3.8) is 0 Å². The van der Waals surface area contributed by atoms with Crippen molar-refractivity contribution in [2.24, 2.45) is 0 Å². The van der Waals surface area contributed by atoms with Crippen molar-refractivity contribution in [2.75, 3.05) is 13.2 Å². The molecule has 1 amide bonds. The van der Waals surface area contributed by atoms with Gasteiger partial charge in [-0.15, -0.1) is 0 Å². The molecule has 0 aromatic heterocycles. The topological polar surface area (TPSA) is 66.8 Å². The summed E-state index contributed by atoms with van der Waals surface area (Å²) in [5.74, 6) is -0.451. The van der Waals surface area contributed by atoms with Crippen LogP contribution < -0.4 is 0 Å². The molecule has 6 aromatic rings. The summed E-state index contributed by atoms with van der Waals surface area (Å²) < 4.78 is 5.12. The molecule has 46 heavy (non-hydrogen) atoms. The number of rotatable bonds is 9. The Labute approximate surface area is 268 Å². The number of likely N-dealkylation sites (tertiary alicyclic amines) is 1. The van der Waals surface area contributed by atoms with E-state index in [0.29, 0.717) is 32.2 Å². The van der Waals surface area contributed by atoms with E-state index in [1.54, 1.807) is 0 Å². The highest BCUT2D eigenvalue weighted by atomic mass is 16.5. The van der Waals surface area contributed by atoms with Crippen molar-refractivity contribution >= 4 is 55.0 Å². The molecule has 7 rings (SSSR count). The number of hydrogen-bond donors (Lipinski definition) is 1. The quantitative estimate of drug-likeness (QED) is 0.0776. The Morgan fingerprint density at radius 1 is 0.761 bits per heavy atom. The molecule has 6 aromatic carbocycles. The van der Waals surface area contributed by atoms with Crippen LogP contribution in [0.2, 0.25) is 0 Å². The van der Waals surface area contributed by atoms with Crippen LogP contribution >= 0.6 is 0 Å². The molecule has 5 heteroatoms. The molecule has 1 heterocycles. The summed E-state index contributed by atoms with van der Waals surface area (Å²) in [7, 11) is 0. The minimum atomic E-state index is -1.51. The van der Waals surface area contributed by atoms with E-state index in [4.69, 9.17) is 4.74 Å². The average Bonchev–Trinajstić information content (AvgIpc) is 3.61. The number of benzene rings is 6. The lowest BCUT2D eigenvalue weighted by atomic mass is 9.74. The van der Waals surface area contributed by atoms with Gasteiger partial charge in [-0.3, -0.25) is 4.79 Å². The highest BCUT2D eigenvalue weighted by Crippen LogP contribution is 2.48. The molecule has 0 spiro atoms. The van der Waals surface area contributed by atoms with Crippen LogP contribution in [0.15, 0.2) is 122 Å². The number of esters is 1. The van der Waals surface area contributed by atoms with Crippen LogP contribution in [-0.2, 0) is 19.9 Å². The molecule has 1 N–H and O–H groups in total. The first-order valence-electron chi connectivity index (χ1n) is 16.1. The summed E-state index contributed by atoms with van der Waals surface area (Å²) in [5, 5.41) is 22.2. The minimum Gasteiger partial charge on any atom is -0.463 e. The molecule has 1 atom stereocenters. The molecule has 0 bridgehead atoms. The number of hydrogen-bond acceptors (Lipinski definition) is 4. The van der Waals surface area contributed by atoms with Gasteiger partial charge in [0.2, 0.25) is 5.91 Å². The minimum absolute atomic E-state index is 0.00571. The third kappa shape index (κ3) is 5.11. The molecule has 0 unspecified atom stereocenters. The standard InChI is InChI=1S/C41H37NO4/c1-2-40(44)46-25-12-11-23-39(43)42-24-13-22-38(42)41(45,36-26-28-14-3-5-16-30(28)32-18-7-9-20-34(32)36)37-27-29-15-4-6-17-31(29)33-19-8-10-21-35(33)37/h2-10,14-21,26-27,38,45H,1,11-13,22-25H2/t38-/m0/s1. The van der Waals surface area contributed by atoms with E-state index in [-0.39, 0.29) is 12.5 Å². The van der Waals surface area contributed by atoms with Gasteiger partial charge in [0.25, 0.3) is 0 Å². The van der Waals surface area contributed by atoms with Gasteiger partial charge in [0.1, 0.15) is 5.60 Å². The van der Waals surface area contributed by atoms with Crippen molar-refractivity contribution in [3.05, 3.63) is 133 Å². The normalized spacial score (nSPS) is 15.2. The Morgan fingerprint density at radius 2 is 1.26 bits per heavy atom. The van der Waals surface area contributed by atoms with E-state index in [9.17, 15) is 14.7 Å². The molecule has 0 aliphatic carbocycles. The number of amides is 1. The number of carbonyl (C=O) groups excluding carboxylic acids is 2. The number of unbranched alkanes of at least 4 members (excludes halogenated alkanes) is 1. The first-order valence-corrected chi connectivity index (χ1v) is 16.1. The smallest absolute Gasteiger partial charge is 0.330 e. The van der Waals surface area contributed by atoms with Gasteiger partial charge in [-0.25, -0.2) is 4.79 Å². The molecule has 230 valence electrons. The van der Waals surface area contributed by atoms with Crippen molar-refractivity contribution in [1.82, 2.24) is 4.90 Å². The number of aliphatic hydroxyl groups is 1. The van der Waals surface area contributed by atoms with Gasteiger partial charge in [-0.05, 0) is 92.0 Å². The van der Waals surface area contributed by atoms with E-state index in [1.165, 1.54) is 0 Å². The maximum absolute atomic E-state index is 14.0. The second-order valence-electron chi connectivity index (χ2n) is 12.2. The Balaban J connectivity index is 1.42. The number of fused-ring (bicyclic) bond motifs is 6. The van der Waals surface area contributed by atoms with E-state index < -0.39 is 17.6 Å². The third-order valence-corrected chi connectivity index (χ3v) is 9.61. The zero-order valence-electron chi connectivity index (χ0n) is 25.8. The Kier molecular flexibility index (Phi) is 8.02. The fourth-order valence-corrected chi connectivity index (χ4v) is 7.50. The zero-order valence-corrected chi connectivity index (χ0v) is 25.8. The molecule has 1 aliphatic heterocycles. The van der Waals surface area contributed by atoms with Gasteiger partial charge in [0.05, 0.1) is 12.6 Å².